The van der Waals surface area contributed by atoms with Crippen LogP contribution in [0.3, 0.4) is 0 Å². The molecule has 1 aromatic rings. The van der Waals surface area contributed by atoms with Crippen LogP contribution in [0.2, 0.25) is 0 Å². The zero-order valence-corrected chi connectivity index (χ0v) is 27.8. The lowest BCUT2D eigenvalue weighted by atomic mass is 9.77. The molecule has 12 nitrogen and oxygen atoms in total. The number of hydrogen-bond acceptors (Lipinski definition) is 7. The molecule has 1 aromatic heterocycles. The molecule has 0 radical (unpaired) electrons. The number of urea groups is 1. The van der Waals surface area contributed by atoms with Gasteiger partial charge in [-0.25, -0.2) is 4.79 Å². The van der Waals surface area contributed by atoms with E-state index in [2.05, 4.69) is 20.9 Å². The van der Waals surface area contributed by atoms with Gasteiger partial charge in [0.25, 0.3) is 5.91 Å². The van der Waals surface area contributed by atoms with Crippen LogP contribution in [0.4, 0.5) is 4.79 Å². The van der Waals surface area contributed by atoms with Gasteiger partial charge in [0.15, 0.2) is 0 Å². The third-order valence-electron chi connectivity index (χ3n) is 9.78. The molecular formula is C34H50N6O6. The van der Waals surface area contributed by atoms with E-state index in [1.165, 1.54) is 4.90 Å². The minimum Gasteiger partial charge on any atom is -0.363 e. The largest absolute Gasteiger partial charge is 0.363 e. The van der Waals surface area contributed by atoms with Crippen LogP contribution in [-0.2, 0) is 19.2 Å². The molecule has 0 bridgehead atoms. The fourth-order valence-corrected chi connectivity index (χ4v) is 6.71. The van der Waals surface area contributed by atoms with Crippen molar-refractivity contribution in [3.63, 3.8) is 0 Å². The van der Waals surface area contributed by atoms with Gasteiger partial charge in [-0.2, -0.15) is 0 Å². The van der Waals surface area contributed by atoms with Crippen LogP contribution in [0.1, 0.15) is 103 Å². The number of nitrogens with two attached hydrogens (primary N) is 1. The molecule has 4 rings (SSSR count). The van der Waals surface area contributed by atoms with Gasteiger partial charge in [-0.3, -0.25) is 29.0 Å². The number of carbonyl (C=O) groups excluding carboxylic acids is 6. The third kappa shape index (κ3) is 8.30. The van der Waals surface area contributed by atoms with Crippen molar-refractivity contribution in [2.45, 2.75) is 116 Å². The average molecular weight is 639 g/mol. The molecule has 2 aliphatic carbocycles. The molecule has 3 fully saturated rings. The van der Waals surface area contributed by atoms with Crippen molar-refractivity contribution in [1.29, 1.82) is 0 Å². The zero-order valence-electron chi connectivity index (χ0n) is 27.8. The average Bonchev–Trinajstić information content (AvgIpc) is 3.71. The topological polar surface area (TPSA) is 181 Å². The number of rotatable bonds is 12. The summed E-state index contributed by atoms with van der Waals surface area (Å²) in [6.45, 7) is 9.82. The van der Waals surface area contributed by atoms with Gasteiger partial charge in [0.2, 0.25) is 23.4 Å². The highest BCUT2D eigenvalue weighted by Crippen LogP contribution is 2.35. The van der Waals surface area contributed by atoms with Gasteiger partial charge in [0.1, 0.15) is 23.3 Å². The van der Waals surface area contributed by atoms with Crippen molar-refractivity contribution in [1.82, 2.24) is 25.8 Å². The normalized spacial score (nSPS) is 22.4. The SMILES string of the molecule is CC(C)[C@@H]1C[C@@H](C(=O)NC(CC2CC2)C(=O)C(N)=O)N(C(=O)[C@@H](NC(=O)NC2(C(=O)c3ccccn3)CCCCC2)C(C)(C)C)C1. The van der Waals surface area contributed by atoms with E-state index in [1.54, 1.807) is 24.4 Å². The maximum atomic E-state index is 14.3. The summed E-state index contributed by atoms with van der Waals surface area (Å²) in [5, 5.41) is 8.54. The molecule has 4 atom stereocenters. The number of pyridine rings is 1. The van der Waals surface area contributed by atoms with Gasteiger partial charge < -0.3 is 26.6 Å². The van der Waals surface area contributed by atoms with E-state index in [0.717, 1.165) is 32.1 Å². The lowest BCUT2D eigenvalue weighted by Gasteiger charge is -2.39. The number of carbonyl (C=O) groups is 6. The highest BCUT2D eigenvalue weighted by Gasteiger charge is 2.48. The molecule has 0 aromatic carbocycles. The number of nitrogens with one attached hydrogen (secondary N) is 3. The summed E-state index contributed by atoms with van der Waals surface area (Å²) in [7, 11) is 0. The quantitative estimate of drug-likeness (QED) is 0.201. The highest BCUT2D eigenvalue weighted by atomic mass is 16.2. The Bertz CT molecular complexity index is 1310. The van der Waals surface area contributed by atoms with Gasteiger partial charge in [0.05, 0.1) is 6.04 Å². The Labute approximate surface area is 271 Å². The van der Waals surface area contributed by atoms with Crippen LogP contribution >= 0.6 is 0 Å². The maximum absolute atomic E-state index is 14.3. The molecule has 3 aliphatic rings. The first-order chi connectivity index (χ1) is 21.6. The van der Waals surface area contributed by atoms with Gasteiger partial charge >= 0.3 is 6.03 Å². The Hall–Kier alpha value is -3.83. The van der Waals surface area contributed by atoms with E-state index in [-0.39, 0.29) is 29.2 Å². The van der Waals surface area contributed by atoms with E-state index in [4.69, 9.17) is 5.73 Å². The minimum absolute atomic E-state index is 0.00405. The molecule has 252 valence electrons. The molecule has 1 saturated heterocycles. The fourth-order valence-electron chi connectivity index (χ4n) is 6.71. The molecule has 5 N–H and O–H groups in total. The van der Waals surface area contributed by atoms with Crippen molar-refractivity contribution in [2.75, 3.05) is 6.54 Å². The number of likely N-dealkylation sites (tertiary alicyclic amines) is 1. The van der Waals surface area contributed by atoms with Crippen LogP contribution in [0, 0.1) is 23.2 Å². The summed E-state index contributed by atoms with van der Waals surface area (Å²) >= 11 is 0. The summed E-state index contributed by atoms with van der Waals surface area (Å²) in [4.78, 5) is 85.5. The molecule has 46 heavy (non-hydrogen) atoms. The number of Topliss-reactive ketones (excluding diaryl/α,β-unsaturated/α-hetero) is 2. The predicted molar refractivity (Wildman–Crippen MR) is 171 cm³/mol. The number of hydrogen-bond donors (Lipinski definition) is 4. The number of nitrogens with zero attached hydrogens (tertiary/aromatic N) is 2. The maximum Gasteiger partial charge on any atom is 0.316 e. The lowest BCUT2D eigenvalue weighted by Crippen LogP contribution is -2.63. The lowest BCUT2D eigenvalue weighted by molar-refractivity contribution is -0.143. The Morgan fingerprint density at radius 1 is 1.02 bits per heavy atom. The van der Waals surface area contributed by atoms with E-state index >= 15 is 0 Å². The number of ketones is 2. The molecule has 5 amide bonds. The minimum atomic E-state index is -1.15. The summed E-state index contributed by atoms with van der Waals surface area (Å²) in [6, 6.07) is 1.48. The van der Waals surface area contributed by atoms with Crippen LogP contribution in [0.25, 0.3) is 0 Å². The molecule has 1 unspecified atom stereocenters. The second-order valence-electron chi connectivity index (χ2n) is 14.8. The van der Waals surface area contributed by atoms with Crippen LogP contribution < -0.4 is 21.7 Å². The van der Waals surface area contributed by atoms with E-state index in [1.807, 2.05) is 34.6 Å². The molecule has 1 aliphatic heterocycles. The van der Waals surface area contributed by atoms with E-state index in [0.29, 0.717) is 32.2 Å². The summed E-state index contributed by atoms with van der Waals surface area (Å²) in [5.74, 6) is -2.76. The van der Waals surface area contributed by atoms with Crippen LogP contribution in [0.5, 0.6) is 0 Å². The molecular weight excluding hydrogens is 588 g/mol. The zero-order chi connectivity index (χ0) is 33.8. The van der Waals surface area contributed by atoms with Crippen molar-refractivity contribution in [3.05, 3.63) is 30.1 Å². The summed E-state index contributed by atoms with van der Waals surface area (Å²) in [5.41, 5.74) is 3.65. The van der Waals surface area contributed by atoms with Crippen molar-refractivity contribution in [3.8, 4) is 0 Å². The number of primary amides is 1. The van der Waals surface area contributed by atoms with Gasteiger partial charge in [-0.05, 0) is 61.0 Å². The first-order valence-corrected chi connectivity index (χ1v) is 16.6. The van der Waals surface area contributed by atoms with Gasteiger partial charge in [0, 0.05) is 12.7 Å². The van der Waals surface area contributed by atoms with Crippen LogP contribution in [-0.4, -0.2) is 75.4 Å². The Morgan fingerprint density at radius 2 is 1.70 bits per heavy atom. The number of aromatic nitrogens is 1. The highest BCUT2D eigenvalue weighted by molar-refractivity contribution is 6.37. The molecule has 2 saturated carbocycles. The molecule has 12 heteroatoms. The Morgan fingerprint density at radius 3 is 2.24 bits per heavy atom. The van der Waals surface area contributed by atoms with Crippen molar-refractivity contribution in [2.24, 2.45) is 28.9 Å². The van der Waals surface area contributed by atoms with E-state index in [9.17, 15) is 28.8 Å². The fraction of sp³-hybridized carbons (Fsp3) is 0.676. The van der Waals surface area contributed by atoms with Crippen molar-refractivity contribution >= 4 is 35.3 Å². The second kappa shape index (κ2) is 14.3. The summed E-state index contributed by atoms with van der Waals surface area (Å²) < 4.78 is 0. The monoisotopic (exact) mass is 638 g/mol. The Balaban J connectivity index is 1.55. The summed E-state index contributed by atoms with van der Waals surface area (Å²) in [6.07, 6.45) is 7.47. The molecule has 0 spiro atoms. The third-order valence-corrected chi connectivity index (χ3v) is 9.78. The predicted octanol–water partition coefficient (Wildman–Crippen LogP) is 2.89. The van der Waals surface area contributed by atoms with Crippen LogP contribution in [0.15, 0.2) is 24.4 Å². The molecule has 2 heterocycles. The first-order valence-electron chi connectivity index (χ1n) is 16.6. The van der Waals surface area contributed by atoms with Crippen molar-refractivity contribution < 1.29 is 28.8 Å². The smallest absolute Gasteiger partial charge is 0.316 e. The van der Waals surface area contributed by atoms with Gasteiger partial charge in [-0.15, -0.1) is 0 Å². The van der Waals surface area contributed by atoms with E-state index < -0.39 is 58.6 Å². The Kier molecular flexibility index (Phi) is 10.9. The first kappa shape index (κ1) is 35.0. The second-order valence-corrected chi connectivity index (χ2v) is 14.8. The standard InChI is InChI=1S/C34H50N6O6/c1-20(2)22-18-25(30(44)37-24(17-21-12-13-21)26(41)29(35)43)40(19-22)31(45)27(33(3,4)5)38-32(46)39-34(14-8-6-9-15-34)28(42)23-11-7-10-16-36-23/h7,10-11,16,20-22,24-25,27H,6,8-9,12-15,17-19H2,1-5H3,(H2,35,43)(H,37,44)(H2,38,39,46)/t22-,24?,25+,27-/m1/s1. The number of amides is 5. The van der Waals surface area contributed by atoms with Gasteiger partial charge in [-0.1, -0.05) is 72.8 Å².